The average molecular weight is 473 g/mol. The van der Waals surface area contributed by atoms with Crippen molar-refractivity contribution in [2.45, 2.75) is 37.4 Å². The maximum Gasteiger partial charge on any atom is 0.252 e. The zero-order valence-corrected chi connectivity index (χ0v) is 20.2. The number of carbonyl (C=O) groups is 1. The predicted octanol–water partition coefficient (Wildman–Crippen LogP) is 3.61. The van der Waals surface area contributed by atoms with E-state index >= 15 is 0 Å². The zero-order chi connectivity index (χ0) is 22.9. The molecule has 1 saturated heterocycles. The number of aromatic nitrogens is 2. The molecule has 7 nitrogen and oxygen atoms in total. The SMILES string of the molecule is Cc1nn(-c2ccccc2)c(C)c1CN(C)C(=O)C1CCN(S(=O)(=O)c2cccs2)CC1. The molecule has 170 valence electrons. The number of hydrogen-bond donors (Lipinski definition) is 0. The molecule has 3 aromatic rings. The van der Waals surface area contributed by atoms with Gasteiger partial charge in [0, 0.05) is 43.9 Å². The fraction of sp³-hybridized carbons (Fsp3) is 0.391. The molecule has 1 aromatic carbocycles. The number of carbonyl (C=O) groups excluding carboxylic acids is 1. The lowest BCUT2D eigenvalue weighted by atomic mass is 9.96. The number of sulfonamides is 1. The smallest absolute Gasteiger partial charge is 0.252 e. The lowest BCUT2D eigenvalue weighted by Crippen LogP contribution is -2.43. The van der Waals surface area contributed by atoms with Crippen LogP contribution in [0.1, 0.15) is 29.8 Å². The third-order valence-corrected chi connectivity index (χ3v) is 9.38. The van der Waals surface area contributed by atoms with Gasteiger partial charge in [0.05, 0.1) is 11.4 Å². The van der Waals surface area contributed by atoms with E-state index in [0.717, 1.165) is 22.6 Å². The summed E-state index contributed by atoms with van der Waals surface area (Å²) in [5.41, 5.74) is 3.96. The standard InChI is InChI=1S/C23H28N4O3S2/c1-17-21(18(2)27(24-17)20-8-5-4-6-9-20)16-25(3)23(28)19-11-13-26(14-12-19)32(29,30)22-10-7-15-31-22/h4-10,15,19H,11-14,16H2,1-3H3. The van der Waals surface area contributed by atoms with E-state index in [1.165, 1.54) is 15.6 Å². The second-order valence-electron chi connectivity index (χ2n) is 8.20. The summed E-state index contributed by atoms with van der Waals surface area (Å²) in [4.78, 5) is 14.9. The van der Waals surface area contributed by atoms with Gasteiger partial charge >= 0.3 is 0 Å². The second kappa shape index (κ2) is 9.17. The summed E-state index contributed by atoms with van der Waals surface area (Å²) >= 11 is 1.23. The first-order chi connectivity index (χ1) is 15.3. The third kappa shape index (κ3) is 4.37. The number of benzene rings is 1. The van der Waals surface area contributed by atoms with Gasteiger partial charge in [0.15, 0.2) is 0 Å². The van der Waals surface area contributed by atoms with Crippen LogP contribution in [0.15, 0.2) is 52.1 Å². The summed E-state index contributed by atoms with van der Waals surface area (Å²) in [6.07, 6.45) is 1.07. The Kier molecular flexibility index (Phi) is 6.50. The maximum absolute atomic E-state index is 13.1. The van der Waals surface area contributed by atoms with Gasteiger partial charge in [-0.05, 0) is 50.3 Å². The molecule has 0 unspecified atom stereocenters. The molecule has 2 aromatic heterocycles. The molecule has 32 heavy (non-hydrogen) atoms. The van der Waals surface area contributed by atoms with Crippen LogP contribution in [0.3, 0.4) is 0 Å². The summed E-state index contributed by atoms with van der Waals surface area (Å²) < 4.78 is 29.2. The Labute approximate surface area is 193 Å². The van der Waals surface area contributed by atoms with Crippen LogP contribution >= 0.6 is 11.3 Å². The normalized spacial score (nSPS) is 15.7. The molecule has 0 bridgehead atoms. The van der Waals surface area contributed by atoms with Crippen molar-refractivity contribution in [3.05, 3.63) is 64.8 Å². The van der Waals surface area contributed by atoms with Gasteiger partial charge < -0.3 is 4.90 Å². The molecule has 9 heteroatoms. The Morgan fingerprint density at radius 3 is 2.44 bits per heavy atom. The lowest BCUT2D eigenvalue weighted by molar-refractivity contribution is -0.135. The van der Waals surface area contributed by atoms with Gasteiger partial charge in [-0.1, -0.05) is 24.3 Å². The van der Waals surface area contributed by atoms with Gasteiger partial charge in [0.1, 0.15) is 4.21 Å². The van der Waals surface area contributed by atoms with Crippen molar-refractivity contribution in [3.63, 3.8) is 0 Å². The van der Waals surface area contributed by atoms with Crippen molar-refractivity contribution >= 4 is 27.3 Å². The van der Waals surface area contributed by atoms with E-state index in [4.69, 9.17) is 0 Å². The fourth-order valence-electron chi connectivity index (χ4n) is 4.23. The number of thiophene rings is 1. The number of amides is 1. The maximum atomic E-state index is 13.1. The highest BCUT2D eigenvalue weighted by atomic mass is 32.2. The van der Waals surface area contributed by atoms with E-state index in [9.17, 15) is 13.2 Å². The summed E-state index contributed by atoms with van der Waals surface area (Å²) in [6, 6.07) is 13.3. The number of hydrogen-bond acceptors (Lipinski definition) is 5. The van der Waals surface area contributed by atoms with E-state index in [-0.39, 0.29) is 11.8 Å². The molecule has 1 amide bonds. The Morgan fingerprint density at radius 2 is 1.81 bits per heavy atom. The minimum Gasteiger partial charge on any atom is -0.341 e. The van der Waals surface area contributed by atoms with Crippen molar-refractivity contribution in [3.8, 4) is 5.69 Å². The van der Waals surface area contributed by atoms with Crippen molar-refractivity contribution in [1.82, 2.24) is 19.0 Å². The minimum atomic E-state index is -3.46. The highest BCUT2D eigenvalue weighted by molar-refractivity contribution is 7.91. The number of rotatable bonds is 6. The van der Waals surface area contributed by atoms with Gasteiger partial charge in [-0.3, -0.25) is 4.79 Å². The van der Waals surface area contributed by atoms with Gasteiger partial charge in [-0.2, -0.15) is 9.40 Å². The Balaban J connectivity index is 1.41. The molecular formula is C23H28N4O3S2. The number of nitrogens with zero attached hydrogens (tertiary/aromatic N) is 4. The summed E-state index contributed by atoms with van der Waals surface area (Å²) in [7, 11) is -1.64. The third-order valence-electron chi connectivity index (χ3n) is 6.11. The molecule has 1 fully saturated rings. The highest BCUT2D eigenvalue weighted by Gasteiger charge is 2.33. The predicted molar refractivity (Wildman–Crippen MR) is 125 cm³/mol. The van der Waals surface area contributed by atoms with Gasteiger partial charge in [-0.15, -0.1) is 11.3 Å². The quantitative estimate of drug-likeness (QED) is 0.549. The van der Waals surface area contributed by atoms with E-state index in [2.05, 4.69) is 5.10 Å². The van der Waals surface area contributed by atoms with Crippen molar-refractivity contribution in [2.24, 2.45) is 5.92 Å². The molecule has 0 atom stereocenters. The van der Waals surface area contributed by atoms with Crippen LogP contribution in [0.5, 0.6) is 0 Å². The van der Waals surface area contributed by atoms with E-state index in [0.29, 0.717) is 36.7 Å². The minimum absolute atomic E-state index is 0.0597. The summed E-state index contributed by atoms with van der Waals surface area (Å²) in [5.74, 6) is -0.107. The van der Waals surface area contributed by atoms with Gasteiger partial charge in [0.2, 0.25) is 5.91 Å². The zero-order valence-electron chi connectivity index (χ0n) is 18.6. The number of aryl methyl sites for hydroxylation is 1. The summed E-state index contributed by atoms with van der Waals surface area (Å²) in [6.45, 7) is 5.21. The van der Waals surface area contributed by atoms with Crippen molar-refractivity contribution in [1.29, 1.82) is 0 Å². The van der Waals surface area contributed by atoms with Crippen LogP contribution in [0.25, 0.3) is 5.69 Å². The highest BCUT2D eigenvalue weighted by Crippen LogP contribution is 2.28. The van der Waals surface area contributed by atoms with Crippen LogP contribution < -0.4 is 0 Å². The van der Waals surface area contributed by atoms with Gasteiger partial charge in [0.25, 0.3) is 10.0 Å². The largest absolute Gasteiger partial charge is 0.341 e. The Morgan fingerprint density at radius 1 is 1.12 bits per heavy atom. The molecular weight excluding hydrogens is 444 g/mol. The summed E-state index contributed by atoms with van der Waals surface area (Å²) in [5, 5.41) is 6.44. The molecule has 0 aliphatic carbocycles. The first-order valence-corrected chi connectivity index (χ1v) is 13.0. The molecule has 0 radical (unpaired) electrons. The Hall–Kier alpha value is -2.49. The van der Waals surface area contributed by atoms with E-state index in [1.807, 2.05) is 55.9 Å². The number of piperidine rings is 1. The van der Waals surface area contributed by atoms with Crippen LogP contribution in [0.2, 0.25) is 0 Å². The topological polar surface area (TPSA) is 75.5 Å². The first kappa shape index (κ1) is 22.7. The number of para-hydroxylation sites is 1. The molecule has 1 aliphatic heterocycles. The second-order valence-corrected chi connectivity index (χ2v) is 11.3. The molecule has 3 heterocycles. The average Bonchev–Trinajstić information content (AvgIpc) is 3.44. The van der Waals surface area contributed by atoms with E-state index in [1.54, 1.807) is 22.4 Å². The molecule has 4 rings (SSSR count). The van der Waals surface area contributed by atoms with Gasteiger partial charge in [-0.25, -0.2) is 13.1 Å². The molecule has 1 aliphatic rings. The van der Waals surface area contributed by atoms with E-state index < -0.39 is 10.0 Å². The molecule has 0 N–H and O–H groups in total. The van der Waals surface area contributed by atoms with Crippen LogP contribution in [0, 0.1) is 19.8 Å². The molecule has 0 saturated carbocycles. The van der Waals surface area contributed by atoms with Crippen molar-refractivity contribution < 1.29 is 13.2 Å². The lowest BCUT2D eigenvalue weighted by Gasteiger charge is -2.32. The first-order valence-electron chi connectivity index (χ1n) is 10.7. The van der Waals surface area contributed by atoms with Crippen LogP contribution in [-0.4, -0.2) is 53.4 Å². The van der Waals surface area contributed by atoms with Crippen LogP contribution in [0.4, 0.5) is 0 Å². The fourth-order valence-corrected chi connectivity index (χ4v) is 6.85. The van der Waals surface area contributed by atoms with Crippen LogP contribution in [-0.2, 0) is 21.4 Å². The monoisotopic (exact) mass is 472 g/mol. The van der Waals surface area contributed by atoms with Crippen molar-refractivity contribution in [2.75, 3.05) is 20.1 Å². The molecule has 0 spiro atoms. The Bertz CT molecular complexity index is 1180.